The van der Waals surface area contributed by atoms with E-state index in [0.717, 1.165) is 32.9 Å². The first-order chi connectivity index (χ1) is 13.2. The van der Waals surface area contributed by atoms with Gasteiger partial charge in [0.2, 0.25) is 0 Å². The molecule has 0 aliphatic carbocycles. The molecule has 4 rings (SSSR count). The number of anilines is 2. The van der Waals surface area contributed by atoms with Crippen LogP contribution in [0.1, 0.15) is 0 Å². The van der Waals surface area contributed by atoms with Crippen LogP contribution in [0.3, 0.4) is 0 Å². The second-order valence-electron chi connectivity index (χ2n) is 6.01. The van der Waals surface area contributed by atoms with Crippen molar-refractivity contribution in [1.82, 2.24) is 0 Å². The lowest BCUT2D eigenvalue weighted by Gasteiger charge is -2.11. The Kier molecular flexibility index (Phi) is 4.68. The van der Waals surface area contributed by atoms with Crippen LogP contribution in [0.25, 0.3) is 21.6 Å². The Labute approximate surface area is 160 Å². The van der Waals surface area contributed by atoms with Crippen LogP contribution >= 0.6 is 11.3 Å². The van der Waals surface area contributed by atoms with Gasteiger partial charge in [0.25, 0.3) is 5.69 Å². The predicted octanol–water partition coefficient (Wildman–Crippen LogP) is 6.73. The van der Waals surface area contributed by atoms with Gasteiger partial charge in [-0.2, -0.15) is 0 Å². The largest absolute Gasteiger partial charge is 0.354 e. The van der Waals surface area contributed by atoms with Crippen molar-refractivity contribution in [3.8, 4) is 21.6 Å². The molecule has 0 unspecified atom stereocenters. The first-order valence-corrected chi connectivity index (χ1v) is 9.34. The number of nitrogens with zero attached hydrogens (tertiary/aromatic N) is 1. The SMILES string of the molecule is O=[N+]([O-])c1ccc(-c2scc(-c3ccccc3)c2Nc2ccccc2)cc1. The van der Waals surface area contributed by atoms with E-state index in [1.54, 1.807) is 35.6 Å². The van der Waals surface area contributed by atoms with E-state index < -0.39 is 0 Å². The Balaban J connectivity index is 1.81. The minimum absolute atomic E-state index is 0.0937. The highest BCUT2D eigenvalue weighted by molar-refractivity contribution is 7.14. The van der Waals surface area contributed by atoms with E-state index in [1.165, 1.54) is 0 Å². The second-order valence-corrected chi connectivity index (χ2v) is 6.89. The van der Waals surface area contributed by atoms with E-state index in [4.69, 9.17) is 0 Å². The highest BCUT2D eigenvalue weighted by Gasteiger charge is 2.16. The Hall–Kier alpha value is -3.44. The summed E-state index contributed by atoms with van der Waals surface area (Å²) in [5.41, 5.74) is 5.28. The molecule has 1 N–H and O–H groups in total. The molecule has 0 saturated carbocycles. The molecule has 1 heterocycles. The molecule has 3 aromatic carbocycles. The Morgan fingerprint density at radius 2 is 1.41 bits per heavy atom. The fourth-order valence-electron chi connectivity index (χ4n) is 2.92. The van der Waals surface area contributed by atoms with Gasteiger partial charge in [0.05, 0.1) is 15.5 Å². The number of thiophene rings is 1. The van der Waals surface area contributed by atoms with Crippen molar-refractivity contribution < 1.29 is 4.92 Å². The number of para-hydroxylation sites is 1. The fourth-order valence-corrected chi connectivity index (χ4v) is 3.97. The van der Waals surface area contributed by atoms with Gasteiger partial charge < -0.3 is 5.32 Å². The van der Waals surface area contributed by atoms with Gasteiger partial charge in [0.15, 0.2) is 0 Å². The van der Waals surface area contributed by atoms with Crippen molar-refractivity contribution in [2.24, 2.45) is 0 Å². The molecule has 132 valence electrons. The summed E-state index contributed by atoms with van der Waals surface area (Å²) in [6.07, 6.45) is 0. The summed E-state index contributed by atoms with van der Waals surface area (Å²) in [5.74, 6) is 0. The summed E-state index contributed by atoms with van der Waals surface area (Å²) in [5, 5.41) is 16.6. The molecule has 4 aromatic rings. The Morgan fingerprint density at radius 3 is 2.04 bits per heavy atom. The lowest BCUT2D eigenvalue weighted by Crippen LogP contribution is -1.93. The minimum Gasteiger partial charge on any atom is -0.354 e. The summed E-state index contributed by atoms with van der Waals surface area (Å²) in [6, 6.07) is 26.9. The number of benzene rings is 3. The molecule has 0 aliphatic heterocycles. The van der Waals surface area contributed by atoms with Gasteiger partial charge in [-0.15, -0.1) is 11.3 Å². The number of nitro groups is 1. The molecule has 0 radical (unpaired) electrons. The van der Waals surface area contributed by atoms with Crippen LogP contribution in [0.15, 0.2) is 90.3 Å². The van der Waals surface area contributed by atoms with Crippen LogP contribution < -0.4 is 5.32 Å². The molecule has 5 heteroatoms. The molecular formula is C22H16N2O2S. The van der Waals surface area contributed by atoms with E-state index in [9.17, 15) is 10.1 Å². The average Bonchev–Trinajstić information content (AvgIpc) is 3.13. The molecule has 0 spiro atoms. The van der Waals surface area contributed by atoms with Crippen LogP contribution in [0.2, 0.25) is 0 Å². The predicted molar refractivity (Wildman–Crippen MR) is 112 cm³/mol. The maximum absolute atomic E-state index is 10.9. The zero-order chi connectivity index (χ0) is 18.6. The van der Waals surface area contributed by atoms with Crippen molar-refractivity contribution in [2.45, 2.75) is 0 Å². The highest BCUT2D eigenvalue weighted by atomic mass is 32.1. The van der Waals surface area contributed by atoms with E-state index in [1.807, 2.05) is 48.5 Å². The third kappa shape index (κ3) is 3.59. The zero-order valence-electron chi connectivity index (χ0n) is 14.3. The summed E-state index contributed by atoms with van der Waals surface area (Å²) >= 11 is 1.63. The smallest absolute Gasteiger partial charge is 0.269 e. The van der Waals surface area contributed by atoms with Crippen molar-refractivity contribution >= 4 is 28.4 Å². The standard InChI is InChI=1S/C22H16N2O2S/c25-24(26)19-13-11-17(12-14-19)22-21(23-18-9-5-2-6-10-18)20(15-27-22)16-7-3-1-4-8-16/h1-15,23H. The first kappa shape index (κ1) is 17.0. The van der Waals surface area contributed by atoms with Crippen LogP contribution in [0.4, 0.5) is 17.1 Å². The lowest BCUT2D eigenvalue weighted by molar-refractivity contribution is -0.384. The van der Waals surface area contributed by atoms with Gasteiger partial charge in [-0.25, -0.2) is 0 Å². The van der Waals surface area contributed by atoms with Crippen molar-refractivity contribution in [1.29, 1.82) is 0 Å². The molecule has 27 heavy (non-hydrogen) atoms. The molecule has 0 saturated heterocycles. The van der Waals surface area contributed by atoms with E-state index in [0.29, 0.717) is 0 Å². The fraction of sp³-hybridized carbons (Fsp3) is 0. The van der Waals surface area contributed by atoms with Gasteiger partial charge in [0.1, 0.15) is 0 Å². The van der Waals surface area contributed by atoms with Gasteiger partial charge in [-0.1, -0.05) is 48.5 Å². The van der Waals surface area contributed by atoms with E-state index >= 15 is 0 Å². The lowest BCUT2D eigenvalue weighted by atomic mass is 10.0. The van der Waals surface area contributed by atoms with E-state index in [-0.39, 0.29) is 10.6 Å². The number of non-ortho nitro benzene ring substituents is 1. The Bertz CT molecular complexity index is 1060. The molecule has 0 amide bonds. The van der Waals surface area contributed by atoms with Gasteiger partial charge in [0, 0.05) is 28.8 Å². The monoisotopic (exact) mass is 372 g/mol. The topological polar surface area (TPSA) is 55.2 Å². The van der Waals surface area contributed by atoms with Crippen LogP contribution in [-0.4, -0.2) is 4.92 Å². The van der Waals surface area contributed by atoms with Crippen LogP contribution in [-0.2, 0) is 0 Å². The van der Waals surface area contributed by atoms with Crippen molar-refractivity contribution in [3.63, 3.8) is 0 Å². The zero-order valence-corrected chi connectivity index (χ0v) is 15.1. The maximum atomic E-state index is 10.9. The normalized spacial score (nSPS) is 10.5. The number of nitro benzene ring substituents is 1. The molecule has 1 aromatic heterocycles. The summed E-state index contributed by atoms with van der Waals surface area (Å²) in [7, 11) is 0. The number of hydrogen-bond acceptors (Lipinski definition) is 4. The summed E-state index contributed by atoms with van der Waals surface area (Å²) < 4.78 is 0. The average molecular weight is 372 g/mol. The van der Waals surface area contributed by atoms with Gasteiger partial charge in [-0.05, 0) is 35.4 Å². The summed E-state index contributed by atoms with van der Waals surface area (Å²) in [6.45, 7) is 0. The van der Waals surface area contributed by atoms with Crippen molar-refractivity contribution in [3.05, 3.63) is 100 Å². The number of nitrogens with one attached hydrogen (secondary N) is 1. The highest BCUT2D eigenvalue weighted by Crippen LogP contribution is 2.44. The molecule has 0 atom stereocenters. The first-order valence-electron chi connectivity index (χ1n) is 8.46. The second kappa shape index (κ2) is 7.43. The van der Waals surface area contributed by atoms with Gasteiger partial charge >= 0.3 is 0 Å². The van der Waals surface area contributed by atoms with Crippen molar-refractivity contribution in [2.75, 3.05) is 5.32 Å². The number of rotatable bonds is 5. The third-order valence-corrected chi connectivity index (χ3v) is 5.29. The van der Waals surface area contributed by atoms with Crippen LogP contribution in [0, 0.1) is 10.1 Å². The molecule has 0 fully saturated rings. The minimum atomic E-state index is -0.378. The molecule has 0 aliphatic rings. The maximum Gasteiger partial charge on any atom is 0.269 e. The molecule has 0 bridgehead atoms. The van der Waals surface area contributed by atoms with E-state index in [2.05, 4.69) is 22.8 Å². The Morgan fingerprint density at radius 1 is 0.778 bits per heavy atom. The molecular weight excluding hydrogens is 356 g/mol. The van der Waals surface area contributed by atoms with Crippen LogP contribution in [0.5, 0.6) is 0 Å². The quantitative estimate of drug-likeness (QED) is 0.312. The third-order valence-electron chi connectivity index (χ3n) is 4.26. The number of hydrogen-bond donors (Lipinski definition) is 1. The molecule has 4 nitrogen and oxygen atoms in total. The summed E-state index contributed by atoms with van der Waals surface area (Å²) in [4.78, 5) is 11.6. The van der Waals surface area contributed by atoms with Gasteiger partial charge in [-0.3, -0.25) is 10.1 Å².